The summed E-state index contributed by atoms with van der Waals surface area (Å²) in [4.78, 5) is 5.02. The van der Waals surface area contributed by atoms with Gasteiger partial charge in [-0.1, -0.05) is 17.7 Å². The van der Waals surface area contributed by atoms with E-state index < -0.39 is 0 Å². The summed E-state index contributed by atoms with van der Waals surface area (Å²) >= 11 is 5.87. The van der Waals surface area contributed by atoms with Crippen molar-refractivity contribution in [3.8, 4) is 0 Å². The Morgan fingerprint density at radius 1 is 1.22 bits per heavy atom. The molecule has 128 valence electrons. The molecule has 5 heteroatoms. The largest absolute Gasteiger partial charge is 0.379 e. The van der Waals surface area contributed by atoms with Gasteiger partial charge < -0.3 is 4.74 Å². The van der Waals surface area contributed by atoms with Gasteiger partial charge in [-0.05, 0) is 56.5 Å². The maximum atomic E-state index is 13.2. The summed E-state index contributed by atoms with van der Waals surface area (Å²) in [5.41, 5.74) is 1.09. The molecule has 2 saturated heterocycles. The lowest BCUT2D eigenvalue weighted by Crippen LogP contribution is -2.48. The normalized spacial score (nSPS) is 23.1. The molecule has 0 saturated carbocycles. The summed E-state index contributed by atoms with van der Waals surface area (Å²) in [5, 5.41) is 0.221. The SMILES string of the molecule is C[C@H](C1CCN(Cc2ccc(F)c(Cl)c2)CC1)N1CCOCC1. The predicted octanol–water partition coefficient (Wildman–Crippen LogP) is 3.41. The van der Waals surface area contributed by atoms with Crippen LogP contribution in [0.15, 0.2) is 18.2 Å². The van der Waals surface area contributed by atoms with Gasteiger partial charge in [0.25, 0.3) is 0 Å². The number of ether oxygens (including phenoxy) is 1. The molecule has 0 aromatic heterocycles. The van der Waals surface area contributed by atoms with Crippen molar-refractivity contribution < 1.29 is 9.13 Å². The zero-order valence-corrected chi connectivity index (χ0v) is 14.6. The molecule has 2 heterocycles. The zero-order valence-electron chi connectivity index (χ0n) is 13.8. The van der Waals surface area contributed by atoms with Gasteiger partial charge in [-0.25, -0.2) is 4.39 Å². The molecule has 1 atom stereocenters. The molecule has 2 aliphatic heterocycles. The lowest BCUT2D eigenvalue weighted by molar-refractivity contribution is -0.00192. The van der Waals surface area contributed by atoms with Crippen molar-refractivity contribution in [1.82, 2.24) is 9.80 Å². The highest BCUT2D eigenvalue weighted by Gasteiger charge is 2.28. The number of piperidine rings is 1. The number of hydrogen-bond acceptors (Lipinski definition) is 3. The Hall–Kier alpha value is -0.680. The first kappa shape index (κ1) is 17.2. The van der Waals surface area contributed by atoms with Crippen LogP contribution in [0.3, 0.4) is 0 Å². The van der Waals surface area contributed by atoms with Crippen molar-refractivity contribution in [2.45, 2.75) is 32.4 Å². The van der Waals surface area contributed by atoms with Gasteiger partial charge in [0.1, 0.15) is 5.82 Å². The fourth-order valence-corrected chi connectivity index (χ4v) is 3.98. The number of halogens is 2. The van der Waals surface area contributed by atoms with Crippen molar-refractivity contribution >= 4 is 11.6 Å². The van der Waals surface area contributed by atoms with Crippen molar-refractivity contribution in [2.24, 2.45) is 5.92 Å². The first-order valence-corrected chi connectivity index (χ1v) is 8.99. The molecule has 23 heavy (non-hydrogen) atoms. The molecule has 0 spiro atoms. The van der Waals surface area contributed by atoms with Crippen LogP contribution in [0.2, 0.25) is 5.02 Å². The third-order valence-electron chi connectivity index (χ3n) is 5.33. The van der Waals surface area contributed by atoms with Gasteiger partial charge in [0.15, 0.2) is 0 Å². The van der Waals surface area contributed by atoms with Crippen LogP contribution in [-0.2, 0) is 11.3 Å². The molecule has 0 amide bonds. The molecule has 0 radical (unpaired) electrons. The highest BCUT2D eigenvalue weighted by atomic mass is 35.5. The zero-order chi connectivity index (χ0) is 16.2. The highest BCUT2D eigenvalue weighted by molar-refractivity contribution is 6.30. The van der Waals surface area contributed by atoms with Crippen LogP contribution in [0.4, 0.5) is 4.39 Å². The summed E-state index contributed by atoms with van der Waals surface area (Å²) in [6.07, 6.45) is 2.46. The fraction of sp³-hybridized carbons (Fsp3) is 0.667. The Balaban J connectivity index is 1.48. The smallest absolute Gasteiger partial charge is 0.141 e. The van der Waals surface area contributed by atoms with E-state index in [1.54, 1.807) is 6.07 Å². The lowest BCUT2D eigenvalue weighted by Gasteiger charge is -2.41. The number of hydrogen-bond donors (Lipinski definition) is 0. The summed E-state index contributed by atoms with van der Waals surface area (Å²) in [6, 6.07) is 5.69. The van der Waals surface area contributed by atoms with Gasteiger partial charge in [0, 0.05) is 25.7 Å². The molecule has 0 aliphatic carbocycles. The van der Waals surface area contributed by atoms with Gasteiger partial charge in [-0.15, -0.1) is 0 Å². The number of rotatable bonds is 4. The molecule has 2 fully saturated rings. The van der Waals surface area contributed by atoms with E-state index >= 15 is 0 Å². The second-order valence-electron chi connectivity index (χ2n) is 6.75. The van der Waals surface area contributed by atoms with Gasteiger partial charge in [-0.2, -0.15) is 0 Å². The summed E-state index contributed by atoms with van der Waals surface area (Å²) in [6.45, 7) is 9.31. The molecule has 0 bridgehead atoms. The van der Waals surface area contributed by atoms with Crippen LogP contribution in [0, 0.1) is 11.7 Å². The topological polar surface area (TPSA) is 15.7 Å². The van der Waals surface area contributed by atoms with E-state index in [1.807, 2.05) is 6.07 Å². The molecule has 3 nitrogen and oxygen atoms in total. The van der Waals surface area contributed by atoms with Crippen LogP contribution in [0.25, 0.3) is 0 Å². The second-order valence-corrected chi connectivity index (χ2v) is 7.16. The van der Waals surface area contributed by atoms with Crippen LogP contribution in [-0.4, -0.2) is 55.2 Å². The lowest BCUT2D eigenvalue weighted by atomic mass is 9.89. The monoisotopic (exact) mass is 340 g/mol. The van der Waals surface area contributed by atoms with E-state index in [2.05, 4.69) is 16.7 Å². The van der Waals surface area contributed by atoms with E-state index in [0.717, 1.165) is 57.4 Å². The Kier molecular flexibility index (Phi) is 5.91. The van der Waals surface area contributed by atoms with Gasteiger partial charge >= 0.3 is 0 Å². The van der Waals surface area contributed by atoms with Crippen LogP contribution >= 0.6 is 11.6 Å². The Morgan fingerprint density at radius 2 is 1.91 bits per heavy atom. The fourth-order valence-electron chi connectivity index (χ4n) is 3.77. The molecule has 0 N–H and O–H groups in total. The van der Waals surface area contributed by atoms with Crippen molar-refractivity contribution in [3.05, 3.63) is 34.6 Å². The first-order chi connectivity index (χ1) is 11.1. The van der Waals surface area contributed by atoms with E-state index in [9.17, 15) is 4.39 Å². The molecule has 1 aromatic rings. The van der Waals surface area contributed by atoms with Crippen molar-refractivity contribution in [1.29, 1.82) is 0 Å². The van der Waals surface area contributed by atoms with Crippen molar-refractivity contribution in [2.75, 3.05) is 39.4 Å². The molecular weight excluding hydrogens is 315 g/mol. The standard InChI is InChI=1S/C18H26ClFN2O/c1-14(22-8-10-23-11-9-22)16-4-6-21(7-5-16)13-15-2-3-18(20)17(19)12-15/h2-3,12,14,16H,4-11,13H2,1H3/t14-/m1/s1. The Morgan fingerprint density at radius 3 is 2.57 bits per heavy atom. The Labute approximate surface area is 143 Å². The average molecular weight is 341 g/mol. The minimum Gasteiger partial charge on any atom is -0.379 e. The average Bonchev–Trinajstić information content (AvgIpc) is 2.59. The number of benzene rings is 1. The van der Waals surface area contributed by atoms with Gasteiger partial charge in [0.05, 0.1) is 18.2 Å². The highest BCUT2D eigenvalue weighted by Crippen LogP contribution is 2.26. The quantitative estimate of drug-likeness (QED) is 0.835. The minimum absolute atomic E-state index is 0.221. The summed E-state index contributed by atoms with van der Waals surface area (Å²) in [5.74, 6) is 0.426. The Bertz CT molecular complexity index is 514. The van der Waals surface area contributed by atoms with Crippen LogP contribution in [0.1, 0.15) is 25.3 Å². The van der Waals surface area contributed by atoms with E-state index in [4.69, 9.17) is 16.3 Å². The maximum absolute atomic E-state index is 13.2. The number of morpholine rings is 1. The predicted molar refractivity (Wildman–Crippen MR) is 91.3 cm³/mol. The third kappa shape index (κ3) is 4.44. The van der Waals surface area contributed by atoms with E-state index in [0.29, 0.717) is 6.04 Å². The molecule has 2 aliphatic rings. The molecule has 0 unspecified atom stereocenters. The molecular formula is C18H26ClFN2O. The number of nitrogens with zero attached hydrogens (tertiary/aromatic N) is 2. The van der Waals surface area contributed by atoms with Gasteiger partial charge in [0.2, 0.25) is 0 Å². The summed E-state index contributed by atoms with van der Waals surface area (Å²) < 4.78 is 18.7. The second kappa shape index (κ2) is 7.93. The maximum Gasteiger partial charge on any atom is 0.141 e. The summed E-state index contributed by atoms with van der Waals surface area (Å²) in [7, 11) is 0. The molecule has 1 aromatic carbocycles. The van der Waals surface area contributed by atoms with Crippen LogP contribution in [0.5, 0.6) is 0 Å². The minimum atomic E-state index is -0.339. The van der Waals surface area contributed by atoms with E-state index in [1.165, 1.54) is 18.9 Å². The number of likely N-dealkylation sites (tertiary alicyclic amines) is 1. The van der Waals surface area contributed by atoms with Gasteiger partial charge in [-0.3, -0.25) is 9.80 Å². The van der Waals surface area contributed by atoms with E-state index in [-0.39, 0.29) is 10.8 Å². The first-order valence-electron chi connectivity index (χ1n) is 8.61. The van der Waals surface area contributed by atoms with Crippen molar-refractivity contribution in [3.63, 3.8) is 0 Å². The third-order valence-corrected chi connectivity index (χ3v) is 5.62. The molecule has 3 rings (SSSR count). The van der Waals surface area contributed by atoms with Crippen LogP contribution < -0.4 is 0 Å².